The van der Waals surface area contributed by atoms with E-state index >= 15 is 0 Å². The number of nitrogens with zero attached hydrogens (tertiary/aromatic N) is 2. The van der Waals surface area contributed by atoms with Crippen molar-refractivity contribution in [3.63, 3.8) is 0 Å². The molecule has 0 aliphatic rings. The molecule has 3 aromatic carbocycles. The van der Waals surface area contributed by atoms with E-state index in [4.69, 9.17) is 0 Å². The predicted molar refractivity (Wildman–Crippen MR) is 175 cm³/mol. The van der Waals surface area contributed by atoms with Gasteiger partial charge in [-0.2, -0.15) is 13.2 Å². The van der Waals surface area contributed by atoms with Crippen LogP contribution in [0.2, 0.25) is 0 Å². The predicted octanol–water partition coefficient (Wildman–Crippen LogP) is 4.96. The second-order valence-electron chi connectivity index (χ2n) is 10.0. The lowest BCUT2D eigenvalue weighted by molar-refractivity contribution is -0.137. The van der Waals surface area contributed by atoms with Crippen molar-refractivity contribution >= 4 is 52.8 Å². The van der Waals surface area contributed by atoms with Gasteiger partial charge in [0.15, 0.2) is 0 Å². The summed E-state index contributed by atoms with van der Waals surface area (Å²) in [6, 6.07) is 15.3. The summed E-state index contributed by atoms with van der Waals surface area (Å²) in [5, 5.41) is 22.2. The van der Waals surface area contributed by atoms with Gasteiger partial charge in [0.2, 0.25) is 24.2 Å². The number of amides is 4. The zero-order valence-electron chi connectivity index (χ0n) is 25.8. The van der Waals surface area contributed by atoms with Gasteiger partial charge < -0.3 is 31.7 Å². The Labute approximate surface area is 273 Å². The van der Waals surface area contributed by atoms with E-state index in [0.717, 1.165) is 29.3 Å². The van der Waals surface area contributed by atoms with E-state index in [-0.39, 0.29) is 5.56 Å². The number of aryl methyl sites for hydroxylation is 2. The molecule has 4 aromatic rings. The maximum absolute atomic E-state index is 12.6. The highest BCUT2D eigenvalue weighted by Crippen LogP contribution is 2.29. The molecular weight excluding hydrogens is 631 g/mol. The second kappa shape index (κ2) is 17.0. The van der Waals surface area contributed by atoms with Crippen LogP contribution in [0.5, 0.6) is 0 Å². The first-order chi connectivity index (χ1) is 22.8. The second-order valence-corrected chi connectivity index (χ2v) is 10.0. The summed E-state index contributed by atoms with van der Waals surface area (Å²) < 4.78 is 37.9. The van der Waals surface area contributed by atoms with Crippen LogP contribution in [0, 0.1) is 13.8 Å². The first-order valence-corrected chi connectivity index (χ1v) is 14.1. The number of aliphatic hydroxyl groups excluding tert-OH is 1. The van der Waals surface area contributed by atoms with Gasteiger partial charge in [0, 0.05) is 22.6 Å². The summed E-state index contributed by atoms with van der Waals surface area (Å²) in [5.74, 6) is -1.42. The minimum Gasteiger partial charge on any atom is -0.394 e. The Kier molecular flexibility index (Phi) is 12.9. The van der Waals surface area contributed by atoms with E-state index in [0.29, 0.717) is 35.1 Å². The number of halogens is 3. The molecule has 4 amide bonds. The van der Waals surface area contributed by atoms with Crippen molar-refractivity contribution in [3.8, 4) is 0 Å². The molecule has 12 nitrogen and oxygen atoms in total. The van der Waals surface area contributed by atoms with E-state index in [1.54, 1.807) is 36.4 Å². The molecule has 4 rings (SSSR count). The third kappa shape index (κ3) is 11.1. The lowest BCUT2D eigenvalue weighted by atomic mass is 10.1. The summed E-state index contributed by atoms with van der Waals surface area (Å²) in [6.45, 7) is 6.57. The van der Waals surface area contributed by atoms with Crippen molar-refractivity contribution in [2.75, 3.05) is 27.9 Å². The maximum atomic E-state index is 12.6. The van der Waals surface area contributed by atoms with E-state index in [9.17, 15) is 37.5 Å². The molecule has 250 valence electrons. The summed E-state index contributed by atoms with van der Waals surface area (Å²) >= 11 is 0. The number of carbonyl (C=O) groups excluding carboxylic acids is 4. The molecule has 0 bridgehead atoms. The maximum Gasteiger partial charge on any atom is 0.416 e. The van der Waals surface area contributed by atoms with Gasteiger partial charge in [0.25, 0.3) is 5.91 Å². The van der Waals surface area contributed by atoms with Crippen LogP contribution in [0.15, 0.2) is 91.8 Å². The third-order valence-electron chi connectivity index (χ3n) is 6.48. The number of benzene rings is 3. The lowest BCUT2D eigenvalue weighted by Gasteiger charge is -2.15. The highest BCUT2D eigenvalue weighted by atomic mass is 19.4. The standard InChI is InChI=1S/C17H18N6O4.C16H14F3NO/c1-2-15(26)23-14(9-24)16(27)21-11-4-3-5-12(6-11)22-17-18-7-13(8-19-17)20-10-25;1-10-6-7-14(8-11(10)2)20-15(21)12-4-3-5-13(9-12)16(17,18)19/h2-8,10,14,24H,1,9H2,(H,20,25)(H,21,27)(H,23,26)(H,18,19,22);3-9H,1-2H3,(H,20,21). The summed E-state index contributed by atoms with van der Waals surface area (Å²) in [4.78, 5) is 53.9. The highest BCUT2D eigenvalue weighted by molar-refractivity contribution is 6.04. The Balaban J connectivity index is 0.000000269. The molecule has 0 aliphatic carbocycles. The number of aliphatic hydroxyl groups is 1. The zero-order chi connectivity index (χ0) is 35.3. The molecule has 1 unspecified atom stereocenters. The van der Waals surface area contributed by atoms with Crippen LogP contribution in [0.4, 0.5) is 41.9 Å². The number of hydrogen-bond acceptors (Lipinski definition) is 8. The van der Waals surface area contributed by atoms with Crippen molar-refractivity contribution < 1.29 is 37.5 Å². The number of rotatable bonds is 11. The number of nitrogens with one attached hydrogen (secondary N) is 5. The Morgan fingerprint density at radius 2 is 1.54 bits per heavy atom. The smallest absolute Gasteiger partial charge is 0.394 e. The SMILES string of the molecule is C=CC(=O)NC(CO)C(=O)Nc1cccc(Nc2ncc(NC=O)cn2)c1.Cc1ccc(NC(=O)c2cccc(C(F)(F)F)c2)cc1C. The molecule has 0 fully saturated rings. The molecule has 0 aliphatic heterocycles. The Bertz CT molecular complexity index is 1770. The number of aromatic nitrogens is 2. The fraction of sp³-hybridized carbons (Fsp3) is 0.152. The molecular formula is C33H32F3N7O5. The lowest BCUT2D eigenvalue weighted by Crippen LogP contribution is -2.45. The highest BCUT2D eigenvalue weighted by Gasteiger charge is 2.31. The van der Waals surface area contributed by atoms with Gasteiger partial charge in [-0.1, -0.05) is 24.8 Å². The summed E-state index contributed by atoms with van der Waals surface area (Å²) in [7, 11) is 0. The quantitative estimate of drug-likeness (QED) is 0.0964. The average Bonchev–Trinajstić information content (AvgIpc) is 3.06. The van der Waals surface area contributed by atoms with Gasteiger partial charge in [-0.05, 0) is 79.6 Å². The summed E-state index contributed by atoms with van der Waals surface area (Å²) in [6.07, 6.45) is -0.0603. The Morgan fingerprint density at radius 1 is 0.875 bits per heavy atom. The van der Waals surface area contributed by atoms with E-state index < -0.39 is 42.1 Å². The average molecular weight is 664 g/mol. The molecule has 6 N–H and O–H groups in total. The van der Waals surface area contributed by atoms with Crippen molar-refractivity contribution in [2.24, 2.45) is 0 Å². The Morgan fingerprint density at radius 3 is 2.17 bits per heavy atom. The van der Waals surface area contributed by atoms with Gasteiger partial charge >= 0.3 is 6.18 Å². The third-order valence-corrected chi connectivity index (χ3v) is 6.48. The van der Waals surface area contributed by atoms with Crippen LogP contribution >= 0.6 is 0 Å². The van der Waals surface area contributed by atoms with Crippen molar-refractivity contribution in [1.82, 2.24) is 15.3 Å². The summed E-state index contributed by atoms with van der Waals surface area (Å²) in [5.41, 5.74) is 3.26. The molecule has 0 radical (unpaired) electrons. The number of carbonyl (C=O) groups is 4. The normalized spacial score (nSPS) is 11.1. The zero-order valence-corrected chi connectivity index (χ0v) is 25.8. The van der Waals surface area contributed by atoms with Crippen LogP contribution in [0.1, 0.15) is 27.0 Å². The van der Waals surface area contributed by atoms with E-state index in [1.165, 1.54) is 24.5 Å². The molecule has 0 saturated heterocycles. The Hall–Kier alpha value is -6.09. The van der Waals surface area contributed by atoms with Gasteiger partial charge in [-0.3, -0.25) is 19.2 Å². The van der Waals surface area contributed by atoms with Crippen LogP contribution < -0.4 is 26.6 Å². The van der Waals surface area contributed by atoms with Crippen LogP contribution in [0.3, 0.4) is 0 Å². The first kappa shape index (κ1) is 36.4. The van der Waals surface area contributed by atoms with Crippen molar-refractivity contribution in [3.05, 3.63) is 114 Å². The van der Waals surface area contributed by atoms with E-state index in [2.05, 4.69) is 43.1 Å². The topological polar surface area (TPSA) is 174 Å². The fourth-order valence-electron chi connectivity index (χ4n) is 3.85. The number of anilines is 5. The molecule has 0 saturated carbocycles. The molecule has 15 heteroatoms. The molecule has 0 spiro atoms. The van der Waals surface area contributed by atoms with Gasteiger partial charge in [-0.15, -0.1) is 0 Å². The molecule has 48 heavy (non-hydrogen) atoms. The van der Waals surface area contributed by atoms with Gasteiger partial charge in [0.1, 0.15) is 6.04 Å². The molecule has 1 heterocycles. The monoisotopic (exact) mass is 663 g/mol. The van der Waals surface area contributed by atoms with Crippen LogP contribution in [-0.2, 0) is 20.6 Å². The first-order valence-electron chi connectivity index (χ1n) is 14.1. The minimum absolute atomic E-state index is 0.0250. The van der Waals surface area contributed by atoms with Crippen molar-refractivity contribution in [2.45, 2.75) is 26.1 Å². The largest absolute Gasteiger partial charge is 0.416 e. The van der Waals surface area contributed by atoms with Gasteiger partial charge in [0.05, 0.1) is 30.3 Å². The number of hydrogen-bond donors (Lipinski definition) is 6. The van der Waals surface area contributed by atoms with Crippen LogP contribution in [-0.4, -0.2) is 51.9 Å². The fourth-order valence-corrected chi connectivity index (χ4v) is 3.85. The molecule has 1 aromatic heterocycles. The minimum atomic E-state index is -4.46. The van der Waals surface area contributed by atoms with Crippen molar-refractivity contribution in [1.29, 1.82) is 0 Å². The van der Waals surface area contributed by atoms with Crippen LogP contribution in [0.25, 0.3) is 0 Å². The molecule has 1 atom stereocenters. The van der Waals surface area contributed by atoms with Gasteiger partial charge in [-0.25, -0.2) is 9.97 Å². The number of alkyl halides is 3. The van der Waals surface area contributed by atoms with E-state index in [1.807, 2.05) is 19.9 Å².